The Balaban J connectivity index is 0. The molecule has 0 atom stereocenters. The number of methoxy groups -OCH3 is 1. The van der Waals surface area contributed by atoms with Crippen molar-refractivity contribution in [2.24, 2.45) is 0 Å². The molecule has 3 aliphatic rings. The molecule has 58 heavy (non-hydrogen) atoms. The largest absolute Gasteiger partial charge is 0.524 e. The standard InChI is InChI=1S/3C10H10O.C3H6O2.C2F6O5S2.C2H6.CH4O.CH4/c3*11-10-7-3-5-8-4-1-2-6-9(8)10;1-3(4)5-2;3-1(4,5)14(9,10)13-15(11,12)2(6,7)8;2*1-2;/h3*1-2,4,6H,3,5,7H2;1-2H3;;1-2H3;2H,1H3;1H4. The molecule has 0 aliphatic heterocycles. The molecule has 326 valence electrons. The zero-order valence-electron chi connectivity index (χ0n) is 31.9. The first-order valence-electron chi connectivity index (χ1n) is 17.3. The van der Waals surface area contributed by atoms with E-state index in [0.717, 1.165) is 81.6 Å². The smallest absolute Gasteiger partial charge is 0.469 e. The number of esters is 1. The van der Waals surface area contributed by atoms with Crippen molar-refractivity contribution in [1.82, 2.24) is 0 Å². The molecular formula is C39H50F6O11S2. The molecule has 6 rings (SSSR count). The topological polar surface area (TPSA) is 175 Å². The molecule has 0 spiro atoms. The number of aliphatic hydroxyl groups is 1. The van der Waals surface area contributed by atoms with E-state index in [2.05, 4.69) is 4.74 Å². The Kier molecular flexibility index (Phi) is 25.4. The van der Waals surface area contributed by atoms with Gasteiger partial charge in [-0.1, -0.05) is 94.1 Å². The lowest BCUT2D eigenvalue weighted by Crippen LogP contribution is -2.34. The van der Waals surface area contributed by atoms with Gasteiger partial charge in [-0.25, -0.2) is 0 Å². The van der Waals surface area contributed by atoms with Crippen molar-refractivity contribution < 1.29 is 75.8 Å². The number of halogens is 6. The summed E-state index contributed by atoms with van der Waals surface area (Å²) in [5.74, 6) is 0.690. The predicted molar refractivity (Wildman–Crippen MR) is 206 cm³/mol. The summed E-state index contributed by atoms with van der Waals surface area (Å²) in [6.45, 7) is 5.36. The van der Waals surface area contributed by atoms with Crippen LogP contribution >= 0.6 is 0 Å². The Morgan fingerprint density at radius 2 is 0.776 bits per heavy atom. The maximum absolute atomic E-state index is 11.4. The molecule has 0 fully saturated rings. The van der Waals surface area contributed by atoms with Crippen molar-refractivity contribution in [1.29, 1.82) is 0 Å². The molecule has 0 amide bonds. The summed E-state index contributed by atoms with van der Waals surface area (Å²) >= 11 is 0. The third kappa shape index (κ3) is 18.4. The zero-order valence-corrected chi connectivity index (χ0v) is 33.5. The second-order valence-electron chi connectivity index (χ2n) is 11.4. The van der Waals surface area contributed by atoms with Crippen molar-refractivity contribution in [2.45, 2.75) is 97.0 Å². The first-order valence-corrected chi connectivity index (χ1v) is 20.1. The number of ketones is 3. The van der Waals surface area contributed by atoms with Gasteiger partial charge >= 0.3 is 37.2 Å². The number of ether oxygens (including phenoxy) is 1. The summed E-state index contributed by atoms with van der Waals surface area (Å²) < 4.78 is 114. The predicted octanol–water partition coefficient (Wildman–Crippen LogP) is 8.77. The van der Waals surface area contributed by atoms with Gasteiger partial charge in [-0.15, -0.1) is 3.63 Å². The molecule has 0 saturated carbocycles. The highest BCUT2D eigenvalue weighted by atomic mass is 32.3. The normalized spacial score (nSPS) is 14.0. The van der Waals surface area contributed by atoms with E-state index in [1.807, 2.05) is 90.3 Å². The molecule has 1 N–H and O–H groups in total. The van der Waals surface area contributed by atoms with Gasteiger partial charge in [-0.2, -0.15) is 43.2 Å². The van der Waals surface area contributed by atoms with E-state index < -0.39 is 31.3 Å². The maximum Gasteiger partial charge on any atom is 0.524 e. The first kappa shape index (κ1) is 55.6. The van der Waals surface area contributed by atoms with E-state index in [1.165, 1.54) is 30.7 Å². The van der Waals surface area contributed by atoms with Crippen LogP contribution in [0.2, 0.25) is 0 Å². The van der Waals surface area contributed by atoms with Crippen LogP contribution in [-0.4, -0.2) is 70.5 Å². The Labute approximate surface area is 336 Å². The third-order valence-electron chi connectivity index (χ3n) is 7.54. The lowest BCUT2D eigenvalue weighted by molar-refractivity contribution is -0.137. The van der Waals surface area contributed by atoms with Crippen molar-refractivity contribution in [3.63, 3.8) is 0 Å². The van der Waals surface area contributed by atoms with Crippen LogP contribution in [-0.2, 0) is 52.7 Å². The third-order valence-corrected chi connectivity index (χ3v) is 10.1. The molecule has 3 aromatic carbocycles. The highest BCUT2D eigenvalue weighted by Gasteiger charge is 2.57. The average molecular weight is 873 g/mol. The van der Waals surface area contributed by atoms with Crippen molar-refractivity contribution >= 4 is 43.6 Å². The number of fused-ring (bicyclic) bond motifs is 3. The van der Waals surface area contributed by atoms with Crippen LogP contribution < -0.4 is 0 Å². The molecule has 19 heteroatoms. The van der Waals surface area contributed by atoms with Gasteiger partial charge < -0.3 is 9.84 Å². The molecule has 3 aliphatic carbocycles. The summed E-state index contributed by atoms with van der Waals surface area (Å²) in [5, 5.41) is 7.00. The fourth-order valence-electron chi connectivity index (χ4n) is 4.95. The molecule has 0 unspecified atom stereocenters. The number of aliphatic hydroxyl groups excluding tert-OH is 1. The average Bonchev–Trinajstić information content (AvgIpc) is 3.17. The SMILES string of the molecule is C.CC.CO.COC(C)=O.O=C1CCCc2ccccc21.O=C1CCCc2ccccc21.O=C1CCCc2ccccc21.O=S(=O)(OS(=O)(=O)C(F)(F)F)C(F)(F)F. The van der Waals surface area contributed by atoms with Crippen molar-refractivity contribution in [2.75, 3.05) is 14.2 Å². The summed E-state index contributed by atoms with van der Waals surface area (Å²) in [5.41, 5.74) is -6.01. The number of alkyl halides is 6. The minimum absolute atomic E-state index is 0. The van der Waals surface area contributed by atoms with Crippen LogP contribution in [0.4, 0.5) is 26.3 Å². The number of rotatable bonds is 2. The van der Waals surface area contributed by atoms with E-state index in [-0.39, 0.29) is 13.4 Å². The molecular weight excluding hydrogens is 823 g/mol. The monoisotopic (exact) mass is 872 g/mol. The second kappa shape index (κ2) is 26.5. The number of hydrogen-bond donors (Lipinski definition) is 1. The van der Waals surface area contributed by atoms with Gasteiger partial charge in [0.1, 0.15) is 0 Å². The van der Waals surface area contributed by atoms with Crippen LogP contribution in [0.15, 0.2) is 72.8 Å². The van der Waals surface area contributed by atoms with Gasteiger partial charge in [0.15, 0.2) is 17.3 Å². The van der Waals surface area contributed by atoms with Gasteiger partial charge in [0.2, 0.25) is 0 Å². The molecule has 11 nitrogen and oxygen atoms in total. The van der Waals surface area contributed by atoms with Crippen molar-refractivity contribution in [3.05, 3.63) is 106 Å². The minimum atomic E-state index is -6.85. The van der Waals surface area contributed by atoms with Gasteiger partial charge in [0.25, 0.3) is 0 Å². The van der Waals surface area contributed by atoms with Crippen molar-refractivity contribution in [3.8, 4) is 0 Å². The highest BCUT2D eigenvalue weighted by Crippen LogP contribution is 2.32. The van der Waals surface area contributed by atoms with Crippen LogP contribution in [0.5, 0.6) is 0 Å². The lowest BCUT2D eigenvalue weighted by atomic mass is 9.91. The van der Waals surface area contributed by atoms with Crippen LogP contribution in [0, 0.1) is 0 Å². The number of Topliss-reactive ketones (excluding diaryl/α,β-unsaturated/α-hetero) is 3. The highest BCUT2D eigenvalue weighted by molar-refractivity contribution is 8.00. The number of carbonyl (C=O) groups excluding carboxylic acids is 4. The van der Waals surface area contributed by atoms with E-state index in [9.17, 15) is 62.4 Å². The number of carbonyl (C=O) groups is 4. The quantitative estimate of drug-likeness (QED) is 0.148. The second-order valence-corrected chi connectivity index (χ2v) is 14.7. The van der Waals surface area contributed by atoms with Gasteiger partial charge in [0.05, 0.1) is 7.11 Å². The van der Waals surface area contributed by atoms with Crippen LogP contribution in [0.1, 0.15) is 114 Å². The van der Waals surface area contributed by atoms with Crippen LogP contribution in [0.25, 0.3) is 0 Å². The molecule has 0 heterocycles. The first-order chi connectivity index (χ1) is 26.6. The van der Waals surface area contributed by atoms with Gasteiger partial charge in [0, 0.05) is 50.0 Å². The fourth-order valence-corrected chi connectivity index (χ4v) is 6.51. The van der Waals surface area contributed by atoms with E-state index in [4.69, 9.17) is 5.11 Å². The molecule has 0 bridgehead atoms. The van der Waals surface area contributed by atoms with E-state index in [0.29, 0.717) is 17.3 Å². The number of aryl methyl sites for hydroxylation is 3. The van der Waals surface area contributed by atoms with Gasteiger partial charge in [-0.3, -0.25) is 19.2 Å². The molecule has 0 aromatic heterocycles. The summed E-state index contributed by atoms with van der Waals surface area (Å²) in [4.78, 5) is 43.4. The Hall–Kier alpha value is -4.46. The molecule has 3 aromatic rings. The summed E-state index contributed by atoms with van der Waals surface area (Å²) in [6, 6.07) is 23.7. The molecule has 0 radical (unpaired) electrons. The number of hydrogen-bond acceptors (Lipinski definition) is 11. The Bertz CT molecular complexity index is 1790. The molecule has 0 saturated heterocycles. The maximum atomic E-state index is 11.4. The Morgan fingerprint density at radius 3 is 0.966 bits per heavy atom. The van der Waals surface area contributed by atoms with Crippen LogP contribution in [0.3, 0.4) is 0 Å². The van der Waals surface area contributed by atoms with Gasteiger partial charge in [-0.05, 0) is 55.2 Å². The lowest BCUT2D eigenvalue weighted by Gasteiger charge is -2.12. The summed E-state index contributed by atoms with van der Waals surface area (Å²) in [6.07, 6.45) is 8.48. The summed E-state index contributed by atoms with van der Waals surface area (Å²) in [7, 11) is -11.3. The van der Waals surface area contributed by atoms with E-state index in [1.54, 1.807) is 0 Å². The van der Waals surface area contributed by atoms with E-state index >= 15 is 0 Å². The Morgan fingerprint density at radius 1 is 0.552 bits per heavy atom. The fraction of sp³-hybridized carbons (Fsp3) is 0.436. The number of benzene rings is 3. The zero-order chi connectivity index (χ0) is 44.0. The minimum Gasteiger partial charge on any atom is -0.469 e.